The van der Waals surface area contributed by atoms with E-state index in [4.69, 9.17) is 66.3 Å². The Morgan fingerprint density at radius 1 is 0.407 bits per heavy atom. The molecule has 0 aromatic carbocycles. The summed E-state index contributed by atoms with van der Waals surface area (Å²) in [4.78, 5) is 96.8. The molecule has 0 saturated carbocycles. The van der Waals surface area contributed by atoms with Gasteiger partial charge in [-0.25, -0.2) is 0 Å². The van der Waals surface area contributed by atoms with Gasteiger partial charge in [0.1, 0.15) is 49.8 Å². The summed E-state index contributed by atoms with van der Waals surface area (Å²) in [6.07, 6.45) is -24.7. The van der Waals surface area contributed by atoms with Crippen molar-refractivity contribution in [2.45, 2.75) is 148 Å². The van der Waals surface area contributed by atoms with Crippen molar-refractivity contribution in [3.8, 4) is 0 Å². The van der Waals surface area contributed by atoms with E-state index in [0.29, 0.717) is 0 Å². The number of aliphatic hydroxyl groups excluding tert-OH is 2. The van der Waals surface area contributed by atoms with Gasteiger partial charge in [0.2, 0.25) is 0 Å². The van der Waals surface area contributed by atoms with E-state index in [1.807, 2.05) is 0 Å². The summed E-state index contributed by atoms with van der Waals surface area (Å²) in [7, 11) is 1.13. The molecule has 334 valence electrons. The van der Waals surface area contributed by atoms with Crippen LogP contribution in [0.25, 0.3) is 0 Å². The van der Waals surface area contributed by atoms with Gasteiger partial charge in [-0.1, -0.05) is 0 Å². The molecule has 2 N–H and O–H groups in total. The molecule has 0 aromatic heterocycles. The standard InChI is InChI=1S/C35H50O24/c1-13(36)47-11-22-26(50-15(3)38)29(52-17(5)40)31(54-19(7)42)34(57-22)49-10-21-24(44)28(25(45)33(46-9)56-21)59-35-32(55-20(8)43)30(53-18(6)41)27(51-16(4)39)23(58-35)12-48-14(2)37/h21-35,44-45H,10-12H2,1-9H3/t21-,22-,23-,24-,25+,26-,27-,28+,29+,30+,31-,32-,33+,34-,35+/m1/s1. The second-order valence-corrected chi connectivity index (χ2v) is 13.3. The number of hydrogen-bond acceptors (Lipinski definition) is 24. The maximum absolute atomic E-state index is 12.3. The average Bonchev–Trinajstić information content (AvgIpc) is 3.11. The van der Waals surface area contributed by atoms with Crippen molar-refractivity contribution in [1.82, 2.24) is 0 Å². The Hall–Kier alpha value is -4.56. The third-order valence-corrected chi connectivity index (χ3v) is 8.49. The van der Waals surface area contributed by atoms with Gasteiger partial charge in [-0.15, -0.1) is 0 Å². The summed E-state index contributed by atoms with van der Waals surface area (Å²) in [6, 6.07) is 0. The molecule has 0 unspecified atom stereocenters. The average molecular weight is 855 g/mol. The molecule has 0 bridgehead atoms. The molecular weight excluding hydrogens is 804 g/mol. The minimum absolute atomic E-state index is 0.565. The Kier molecular flexibility index (Phi) is 18.3. The van der Waals surface area contributed by atoms with E-state index in [9.17, 15) is 48.6 Å². The van der Waals surface area contributed by atoms with Gasteiger partial charge in [0.15, 0.2) is 55.5 Å². The summed E-state index contributed by atoms with van der Waals surface area (Å²) in [5.74, 6) is -7.00. The fraction of sp³-hybridized carbons (Fsp3) is 0.771. The van der Waals surface area contributed by atoms with Crippen LogP contribution in [0.15, 0.2) is 0 Å². The van der Waals surface area contributed by atoms with Gasteiger partial charge in [0.05, 0.1) is 6.61 Å². The van der Waals surface area contributed by atoms with Crippen molar-refractivity contribution in [3.05, 3.63) is 0 Å². The molecule has 0 aromatic rings. The first kappa shape index (κ1) is 48.8. The van der Waals surface area contributed by atoms with Crippen LogP contribution in [-0.2, 0) is 105 Å². The van der Waals surface area contributed by atoms with Gasteiger partial charge >= 0.3 is 47.8 Å². The largest absolute Gasteiger partial charge is 0.463 e. The quantitative estimate of drug-likeness (QED) is 0.121. The lowest BCUT2D eigenvalue weighted by atomic mass is 9.96. The van der Waals surface area contributed by atoms with E-state index in [0.717, 1.165) is 62.5 Å². The monoisotopic (exact) mass is 854 g/mol. The summed E-state index contributed by atoms with van der Waals surface area (Å²) in [5, 5.41) is 22.9. The molecule has 0 spiro atoms. The van der Waals surface area contributed by atoms with Gasteiger partial charge in [0.25, 0.3) is 0 Å². The van der Waals surface area contributed by atoms with E-state index < -0.39 is 160 Å². The first-order valence-corrected chi connectivity index (χ1v) is 18.1. The molecule has 3 heterocycles. The summed E-state index contributed by atoms with van der Waals surface area (Å²) < 4.78 is 77.3. The third-order valence-electron chi connectivity index (χ3n) is 8.49. The van der Waals surface area contributed by atoms with Gasteiger partial charge in [-0.3, -0.25) is 38.4 Å². The summed E-state index contributed by atoms with van der Waals surface area (Å²) >= 11 is 0. The predicted octanol–water partition coefficient (Wildman–Crippen LogP) is -2.35. The zero-order valence-corrected chi connectivity index (χ0v) is 33.7. The van der Waals surface area contributed by atoms with E-state index in [1.165, 1.54) is 0 Å². The van der Waals surface area contributed by atoms with Crippen LogP contribution in [0.1, 0.15) is 55.4 Å². The first-order valence-electron chi connectivity index (χ1n) is 18.1. The van der Waals surface area contributed by atoms with Crippen molar-refractivity contribution in [1.29, 1.82) is 0 Å². The molecule has 15 atom stereocenters. The molecule has 0 aliphatic carbocycles. The highest BCUT2D eigenvalue weighted by molar-refractivity contribution is 5.70. The fourth-order valence-electron chi connectivity index (χ4n) is 6.36. The number of hydrogen-bond donors (Lipinski definition) is 2. The van der Waals surface area contributed by atoms with Crippen LogP contribution in [0.5, 0.6) is 0 Å². The summed E-state index contributed by atoms with van der Waals surface area (Å²) in [6.45, 7) is 6.39. The van der Waals surface area contributed by atoms with Crippen LogP contribution in [0, 0.1) is 0 Å². The van der Waals surface area contributed by atoms with Crippen LogP contribution >= 0.6 is 0 Å². The maximum atomic E-state index is 12.3. The number of aliphatic hydroxyl groups is 2. The zero-order valence-electron chi connectivity index (χ0n) is 33.7. The van der Waals surface area contributed by atoms with Gasteiger partial charge in [-0.05, 0) is 0 Å². The Morgan fingerprint density at radius 3 is 1.15 bits per heavy atom. The molecule has 3 fully saturated rings. The normalized spacial score (nSPS) is 34.3. The zero-order chi connectivity index (χ0) is 44.3. The van der Waals surface area contributed by atoms with Gasteiger partial charge in [0, 0.05) is 62.5 Å². The van der Waals surface area contributed by atoms with Crippen molar-refractivity contribution < 1.29 is 115 Å². The predicted molar refractivity (Wildman–Crippen MR) is 182 cm³/mol. The number of ether oxygens (including phenoxy) is 14. The van der Waals surface area contributed by atoms with Crippen LogP contribution in [0.4, 0.5) is 0 Å². The Morgan fingerprint density at radius 2 is 0.763 bits per heavy atom. The molecule has 0 amide bonds. The third kappa shape index (κ3) is 14.0. The highest BCUT2D eigenvalue weighted by atomic mass is 16.8. The molecule has 3 saturated heterocycles. The molecule has 3 aliphatic heterocycles. The summed E-state index contributed by atoms with van der Waals surface area (Å²) in [5.41, 5.74) is 0. The Bertz CT molecular complexity index is 1520. The smallest absolute Gasteiger partial charge is 0.303 e. The van der Waals surface area contributed by atoms with Crippen molar-refractivity contribution in [2.24, 2.45) is 0 Å². The molecule has 59 heavy (non-hydrogen) atoms. The fourth-order valence-corrected chi connectivity index (χ4v) is 6.36. The van der Waals surface area contributed by atoms with Crippen LogP contribution in [0.3, 0.4) is 0 Å². The number of rotatable bonds is 16. The first-order chi connectivity index (χ1) is 27.6. The number of carbonyl (C=O) groups excluding carboxylic acids is 8. The van der Waals surface area contributed by atoms with Crippen LogP contribution in [0.2, 0.25) is 0 Å². The molecule has 24 nitrogen and oxygen atoms in total. The lowest BCUT2D eigenvalue weighted by molar-refractivity contribution is -0.364. The van der Waals surface area contributed by atoms with Gasteiger partial charge < -0.3 is 76.5 Å². The van der Waals surface area contributed by atoms with Crippen molar-refractivity contribution >= 4 is 47.8 Å². The van der Waals surface area contributed by atoms with E-state index in [2.05, 4.69) is 0 Å². The van der Waals surface area contributed by atoms with E-state index in [1.54, 1.807) is 0 Å². The molecule has 0 radical (unpaired) electrons. The second kappa shape index (κ2) is 22.2. The topological polar surface area (TPSA) is 306 Å². The molecular formula is C35H50O24. The Labute approximate surface area is 337 Å². The van der Waals surface area contributed by atoms with Crippen LogP contribution in [-0.4, -0.2) is 177 Å². The SMILES string of the molecule is CO[C@H]1O[C@H](CO[C@@H]2O[C@H](COC(C)=O)[C@@H](OC(C)=O)[C@H](OC(C)=O)[C@H]2OC(C)=O)[C@@H](O)[C@H](O[C@@H]2O[C@H](COC(C)=O)[C@@H](OC(C)=O)[C@H](OC(C)=O)[C@H]2OC(C)=O)[C@@H]1O. The van der Waals surface area contributed by atoms with E-state index >= 15 is 0 Å². The molecule has 24 heteroatoms. The molecule has 3 rings (SSSR count). The minimum atomic E-state index is -1.91. The minimum Gasteiger partial charge on any atom is -0.463 e. The molecule has 3 aliphatic rings. The van der Waals surface area contributed by atoms with Crippen molar-refractivity contribution in [3.63, 3.8) is 0 Å². The van der Waals surface area contributed by atoms with Gasteiger partial charge in [-0.2, -0.15) is 0 Å². The van der Waals surface area contributed by atoms with Crippen LogP contribution < -0.4 is 0 Å². The van der Waals surface area contributed by atoms with E-state index in [-0.39, 0.29) is 0 Å². The highest BCUT2D eigenvalue weighted by Crippen LogP contribution is 2.35. The second-order valence-electron chi connectivity index (χ2n) is 13.3. The number of carbonyl (C=O) groups is 8. The van der Waals surface area contributed by atoms with Crippen molar-refractivity contribution in [2.75, 3.05) is 26.9 Å². The lowest BCUT2D eigenvalue weighted by Crippen LogP contribution is -2.66. The lowest BCUT2D eigenvalue weighted by Gasteiger charge is -2.48. The Balaban J connectivity index is 2.00. The number of esters is 8. The highest BCUT2D eigenvalue weighted by Gasteiger charge is 2.57. The maximum Gasteiger partial charge on any atom is 0.303 e. The number of methoxy groups -OCH3 is 1.